The highest BCUT2D eigenvalue weighted by atomic mass is 16.4. The summed E-state index contributed by atoms with van der Waals surface area (Å²) >= 11 is 0. The predicted octanol–water partition coefficient (Wildman–Crippen LogP) is 1.62. The van der Waals surface area contributed by atoms with Crippen LogP contribution < -0.4 is 0 Å². The SMILES string of the molecule is CCc1nc2c(c(C(=O)O)n1)CCCC2. The van der Waals surface area contributed by atoms with Crippen molar-refractivity contribution in [3.63, 3.8) is 0 Å². The van der Waals surface area contributed by atoms with E-state index in [0.29, 0.717) is 12.2 Å². The summed E-state index contributed by atoms with van der Waals surface area (Å²) in [6.45, 7) is 1.94. The van der Waals surface area contributed by atoms with Gasteiger partial charge in [0.2, 0.25) is 0 Å². The summed E-state index contributed by atoms with van der Waals surface area (Å²) in [4.78, 5) is 19.5. The number of hydrogen-bond acceptors (Lipinski definition) is 3. The second-order valence-corrected chi connectivity index (χ2v) is 3.78. The van der Waals surface area contributed by atoms with Crippen LogP contribution in [0.15, 0.2) is 0 Å². The van der Waals surface area contributed by atoms with E-state index in [1.165, 1.54) is 0 Å². The fourth-order valence-electron chi connectivity index (χ4n) is 1.98. The molecule has 1 N–H and O–H groups in total. The van der Waals surface area contributed by atoms with Gasteiger partial charge in [0.25, 0.3) is 0 Å². The highest BCUT2D eigenvalue weighted by molar-refractivity contribution is 5.87. The summed E-state index contributed by atoms with van der Waals surface area (Å²) in [5.74, 6) is -0.279. The van der Waals surface area contributed by atoms with Gasteiger partial charge in [-0.25, -0.2) is 14.8 Å². The van der Waals surface area contributed by atoms with E-state index < -0.39 is 5.97 Å². The second-order valence-electron chi connectivity index (χ2n) is 3.78. The molecule has 0 atom stereocenters. The topological polar surface area (TPSA) is 63.1 Å². The number of fused-ring (bicyclic) bond motifs is 1. The zero-order valence-corrected chi connectivity index (χ0v) is 8.79. The summed E-state index contributed by atoms with van der Waals surface area (Å²) in [6.07, 6.45) is 4.54. The largest absolute Gasteiger partial charge is 0.477 e. The van der Waals surface area contributed by atoms with Crippen molar-refractivity contribution in [2.45, 2.75) is 39.0 Å². The fourth-order valence-corrected chi connectivity index (χ4v) is 1.98. The van der Waals surface area contributed by atoms with Crippen LogP contribution >= 0.6 is 0 Å². The Kier molecular flexibility index (Phi) is 2.66. The molecule has 1 aliphatic carbocycles. The molecule has 2 rings (SSSR count). The summed E-state index contributed by atoms with van der Waals surface area (Å²) < 4.78 is 0. The number of rotatable bonds is 2. The van der Waals surface area contributed by atoms with E-state index in [4.69, 9.17) is 5.11 Å². The Hall–Kier alpha value is -1.45. The number of aromatic carboxylic acids is 1. The first kappa shape index (κ1) is 10.1. The van der Waals surface area contributed by atoms with Gasteiger partial charge in [-0.15, -0.1) is 0 Å². The van der Waals surface area contributed by atoms with Crippen LogP contribution in [0.4, 0.5) is 0 Å². The van der Waals surface area contributed by atoms with Crippen LogP contribution in [0, 0.1) is 0 Å². The van der Waals surface area contributed by atoms with Gasteiger partial charge in [-0.2, -0.15) is 0 Å². The lowest BCUT2D eigenvalue weighted by Gasteiger charge is -2.16. The quantitative estimate of drug-likeness (QED) is 0.798. The Morgan fingerprint density at radius 3 is 2.73 bits per heavy atom. The van der Waals surface area contributed by atoms with Gasteiger partial charge in [-0.05, 0) is 25.7 Å². The van der Waals surface area contributed by atoms with Crippen molar-refractivity contribution in [3.05, 3.63) is 22.8 Å². The molecule has 0 aromatic carbocycles. The second kappa shape index (κ2) is 3.96. The summed E-state index contributed by atoms with van der Waals surface area (Å²) in [6, 6.07) is 0. The van der Waals surface area contributed by atoms with E-state index in [1.54, 1.807) is 0 Å². The van der Waals surface area contributed by atoms with Gasteiger partial charge >= 0.3 is 5.97 Å². The molecule has 0 saturated heterocycles. The lowest BCUT2D eigenvalue weighted by Crippen LogP contribution is -2.16. The van der Waals surface area contributed by atoms with Crippen molar-refractivity contribution in [1.82, 2.24) is 9.97 Å². The number of carboxylic acid groups (broad SMARTS) is 1. The third kappa shape index (κ3) is 1.84. The number of nitrogens with zero attached hydrogens (tertiary/aromatic N) is 2. The van der Waals surface area contributed by atoms with Crippen molar-refractivity contribution in [2.24, 2.45) is 0 Å². The lowest BCUT2D eigenvalue weighted by molar-refractivity contribution is 0.0688. The van der Waals surface area contributed by atoms with Crippen molar-refractivity contribution < 1.29 is 9.90 Å². The van der Waals surface area contributed by atoms with Crippen molar-refractivity contribution in [3.8, 4) is 0 Å². The lowest BCUT2D eigenvalue weighted by atomic mass is 9.94. The minimum absolute atomic E-state index is 0.219. The maximum absolute atomic E-state index is 11.1. The zero-order chi connectivity index (χ0) is 10.8. The Morgan fingerprint density at radius 2 is 2.07 bits per heavy atom. The van der Waals surface area contributed by atoms with Gasteiger partial charge < -0.3 is 5.11 Å². The molecule has 4 nitrogen and oxygen atoms in total. The highest BCUT2D eigenvalue weighted by Gasteiger charge is 2.20. The van der Waals surface area contributed by atoms with E-state index >= 15 is 0 Å². The third-order valence-corrected chi connectivity index (χ3v) is 2.75. The Balaban J connectivity index is 2.55. The minimum atomic E-state index is -0.926. The Labute approximate surface area is 88.4 Å². The van der Waals surface area contributed by atoms with E-state index in [0.717, 1.165) is 36.9 Å². The molecule has 1 heterocycles. The smallest absolute Gasteiger partial charge is 0.354 e. The van der Waals surface area contributed by atoms with Gasteiger partial charge in [-0.1, -0.05) is 6.92 Å². The normalized spacial score (nSPS) is 14.7. The number of aromatic nitrogens is 2. The molecular formula is C11H14N2O2. The van der Waals surface area contributed by atoms with Gasteiger partial charge in [0.1, 0.15) is 5.82 Å². The standard InChI is InChI=1S/C11H14N2O2/c1-2-9-12-8-6-4-3-5-7(8)10(13-9)11(14)15/h2-6H2,1H3,(H,14,15). The molecule has 1 aliphatic rings. The van der Waals surface area contributed by atoms with E-state index in [9.17, 15) is 4.79 Å². The molecule has 1 aromatic heterocycles. The average Bonchev–Trinajstić information content (AvgIpc) is 2.27. The molecule has 0 radical (unpaired) electrons. The van der Waals surface area contributed by atoms with Crippen LogP contribution in [0.3, 0.4) is 0 Å². The molecular weight excluding hydrogens is 192 g/mol. The van der Waals surface area contributed by atoms with Crippen LogP contribution in [-0.2, 0) is 19.3 Å². The molecule has 0 aliphatic heterocycles. The third-order valence-electron chi connectivity index (χ3n) is 2.75. The number of carboxylic acids is 1. The van der Waals surface area contributed by atoms with E-state index in [-0.39, 0.29) is 5.69 Å². The molecule has 0 saturated carbocycles. The maximum Gasteiger partial charge on any atom is 0.354 e. The first-order valence-corrected chi connectivity index (χ1v) is 5.34. The molecule has 0 spiro atoms. The van der Waals surface area contributed by atoms with Crippen molar-refractivity contribution in [1.29, 1.82) is 0 Å². The number of hydrogen-bond donors (Lipinski definition) is 1. The average molecular weight is 206 g/mol. The molecule has 80 valence electrons. The maximum atomic E-state index is 11.1. The van der Waals surface area contributed by atoms with Gasteiger partial charge in [-0.3, -0.25) is 0 Å². The number of aryl methyl sites for hydroxylation is 2. The molecule has 0 unspecified atom stereocenters. The Morgan fingerprint density at radius 1 is 1.33 bits per heavy atom. The van der Waals surface area contributed by atoms with Gasteiger partial charge in [0.05, 0.1) is 0 Å². The summed E-state index contributed by atoms with van der Waals surface area (Å²) in [5.41, 5.74) is 2.02. The zero-order valence-electron chi connectivity index (χ0n) is 8.79. The number of carbonyl (C=O) groups is 1. The summed E-state index contributed by atoms with van der Waals surface area (Å²) in [7, 11) is 0. The van der Waals surface area contributed by atoms with E-state index in [1.807, 2.05) is 6.92 Å². The van der Waals surface area contributed by atoms with Crippen LogP contribution in [0.5, 0.6) is 0 Å². The molecule has 0 fully saturated rings. The first-order chi connectivity index (χ1) is 7.22. The molecule has 15 heavy (non-hydrogen) atoms. The summed E-state index contributed by atoms with van der Waals surface area (Å²) in [5, 5.41) is 9.07. The van der Waals surface area contributed by atoms with E-state index in [2.05, 4.69) is 9.97 Å². The van der Waals surface area contributed by atoms with Crippen LogP contribution in [-0.4, -0.2) is 21.0 Å². The highest BCUT2D eigenvalue weighted by Crippen LogP contribution is 2.22. The first-order valence-electron chi connectivity index (χ1n) is 5.34. The Bertz CT molecular complexity index is 402. The minimum Gasteiger partial charge on any atom is -0.477 e. The van der Waals surface area contributed by atoms with Crippen LogP contribution in [0.2, 0.25) is 0 Å². The molecule has 4 heteroatoms. The van der Waals surface area contributed by atoms with Gasteiger partial charge in [0, 0.05) is 17.7 Å². The van der Waals surface area contributed by atoms with Crippen molar-refractivity contribution >= 4 is 5.97 Å². The predicted molar refractivity (Wildman–Crippen MR) is 55.0 cm³/mol. The molecule has 1 aromatic rings. The fraction of sp³-hybridized carbons (Fsp3) is 0.545. The van der Waals surface area contributed by atoms with Crippen LogP contribution in [0.25, 0.3) is 0 Å². The molecule has 0 amide bonds. The molecule has 0 bridgehead atoms. The van der Waals surface area contributed by atoms with Crippen molar-refractivity contribution in [2.75, 3.05) is 0 Å². The van der Waals surface area contributed by atoms with Crippen LogP contribution in [0.1, 0.15) is 47.3 Å². The van der Waals surface area contributed by atoms with Gasteiger partial charge in [0.15, 0.2) is 5.69 Å². The monoisotopic (exact) mass is 206 g/mol.